The zero-order valence-electron chi connectivity index (χ0n) is 18.8. The smallest absolute Gasteiger partial charge is 0.339 e. The lowest BCUT2D eigenvalue weighted by Gasteiger charge is -2.15. The molecule has 0 aliphatic heterocycles. The third kappa shape index (κ3) is 5.25. The van der Waals surface area contributed by atoms with Crippen LogP contribution in [0.25, 0.3) is 0 Å². The van der Waals surface area contributed by atoms with Gasteiger partial charge < -0.3 is 14.9 Å². The summed E-state index contributed by atoms with van der Waals surface area (Å²) in [7, 11) is 0. The van der Waals surface area contributed by atoms with Gasteiger partial charge in [-0.1, -0.05) is 37.3 Å². The Morgan fingerprint density at radius 3 is 2.52 bits per heavy atom. The van der Waals surface area contributed by atoms with E-state index < -0.39 is 17.3 Å². The highest BCUT2D eigenvalue weighted by Gasteiger charge is 2.21. The largest absolute Gasteiger partial charge is 0.505 e. The van der Waals surface area contributed by atoms with Crippen LogP contribution in [0.2, 0.25) is 0 Å². The molecule has 9 heteroatoms. The molecule has 0 aliphatic carbocycles. The first-order valence-electron chi connectivity index (χ1n) is 10.6. The van der Waals surface area contributed by atoms with Gasteiger partial charge in [0.2, 0.25) is 5.88 Å². The van der Waals surface area contributed by atoms with Crippen molar-refractivity contribution in [3.05, 3.63) is 75.2 Å². The first-order chi connectivity index (χ1) is 15.9. The molecule has 2 N–H and O–H groups in total. The van der Waals surface area contributed by atoms with Gasteiger partial charge in [0, 0.05) is 19.2 Å². The summed E-state index contributed by atoms with van der Waals surface area (Å²) in [4.78, 5) is 28.9. The maximum absolute atomic E-state index is 12.9. The van der Waals surface area contributed by atoms with E-state index in [9.17, 15) is 19.8 Å². The number of carbonyl (C=O) groups is 1. The van der Waals surface area contributed by atoms with Gasteiger partial charge in [0.15, 0.2) is 17.3 Å². The molecule has 0 saturated heterocycles. The van der Waals surface area contributed by atoms with E-state index in [1.54, 1.807) is 13.8 Å². The maximum Gasteiger partial charge on any atom is 0.339 e. The van der Waals surface area contributed by atoms with Crippen molar-refractivity contribution in [3.8, 4) is 11.6 Å². The van der Waals surface area contributed by atoms with E-state index in [0.717, 1.165) is 5.56 Å². The van der Waals surface area contributed by atoms with Crippen molar-refractivity contribution in [2.24, 2.45) is 10.2 Å². The minimum Gasteiger partial charge on any atom is -0.505 e. The zero-order chi connectivity index (χ0) is 24.0. The molecule has 0 unspecified atom stereocenters. The molecule has 0 radical (unpaired) electrons. The van der Waals surface area contributed by atoms with Crippen molar-refractivity contribution in [2.75, 3.05) is 6.61 Å². The van der Waals surface area contributed by atoms with Gasteiger partial charge in [-0.25, -0.2) is 9.78 Å². The fourth-order valence-electron chi connectivity index (χ4n) is 3.34. The predicted molar refractivity (Wildman–Crippen MR) is 123 cm³/mol. The SMILES string of the molecule is CCCn1c(O)c(Cc2ccccc2)c(O)c(N=Nc2cc(C)c(C(=O)OCC)cn2)c1=O. The molecular weight excluding hydrogens is 424 g/mol. The van der Waals surface area contributed by atoms with Gasteiger partial charge in [0.05, 0.1) is 17.7 Å². The number of benzene rings is 1. The number of aromatic hydroxyl groups is 2. The fraction of sp³-hybridized carbons (Fsp3) is 0.292. The van der Waals surface area contributed by atoms with Gasteiger partial charge in [-0.2, -0.15) is 0 Å². The molecule has 3 aromatic rings. The van der Waals surface area contributed by atoms with Crippen molar-refractivity contribution in [2.45, 2.75) is 40.2 Å². The topological polar surface area (TPSA) is 126 Å². The number of ether oxygens (including phenoxy) is 1. The maximum atomic E-state index is 12.9. The van der Waals surface area contributed by atoms with Crippen LogP contribution < -0.4 is 5.56 Å². The van der Waals surface area contributed by atoms with Crippen LogP contribution in [0.1, 0.15) is 47.3 Å². The summed E-state index contributed by atoms with van der Waals surface area (Å²) in [6, 6.07) is 10.8. The summed E-state index contributed by atoms with van der Waals surface area (Å²) in [6.45, 7) is 5.78. The van der Waals surface area contributed by atoms with Gasteiger partial charge in [-0.3, -0.25) is 9.36 Å². The van der Waals surface area contributed by atoms with Crippen molar-refractivity contribution in [1.82, 2.24) is 9.55 Å². The van der Waals surface area contributed by atoms with Crippen molar-refractivity contribution in [1.29, 1.82) is 0 Å². The number of aromatic nitrogens is 2. The molecule has 1 aromatic carbocycles. The van der Waals surface area contributed by atoms with E-state index >= 15 is 0 Å². The molecule has 2 aromatic heterocycles. The zero-order valence-corrected chi connectivity index (χ0v) is 18.8. The summed E-state index contributed by atoms with van der Waals surface area (Å²) in [5.41, 5.74) is 0.970. The summed E-state index contributed by atoms with van der Waals surface area (Å²) in [6.07, 6.45) is 2.13. The van der Waals surface area contributed by atoms with Crippen LogP contribution in [0.3, 0.4) is 0 Å². The van der Waals surface area contributed by atoms with Gasteiger partial charge >= 0.3 is 5.97 Å². The Labute approximate surface area is 191 Å². The Hall–Kier alpha value is -4.01. The first-order valence-corrected chi connectivity index (χ1v) is 10.6. The molecule has 9 nitrogen and oxygen atoms in total. The number of nitrogens with zero attached hydrogens (tertiary/aromatic N) is 4. The Morgan fingerprint density at radius 2 is 1.88 bits per heavy atom. The quantitative estimate of drug-likeness (QED) is 0.383. The summed E-state index contributed by atoms with van der Waals surface area (Å²) >= 11 is 0. The minimum absolute atomic E-state index is 0.152. The molecule has 33 heavy (non-hydrogen) atoms. The Morgan fingerprint density at radius 1 is 1.15 bits per heavy atom. The molecular formula is C24H26N4O5. The van der Waals surface area contributed by atoms with Crippen LogP contribution in [0, 0.1) is 6.92 Å². The second kappa shape index (κ2) is 10.5. The lowest BCUT2D eigenvalue weighted by molar-refractivity contribution is 0.0525. The Bertz CT molecular complexity index is 1240. The van der Waals surface area contributed by atoms with Crippen molar-refractivity contribution >= 4 is 17.5 Å². The van der Waals surface area contributed by atoms with Crippen molar-refractivity contribution < 1.29 is 19.7 Å². The lowest BCUT2D eigenvalue weighted by atomic mass is 10.0. The van der Waals surface area contributed by atoms with E-state index in [4.69, 9.17) is 4.74 Å². The molecule has 0 atom stereocenters. The number of pyridine rings is 2. The van der Waals surface area contributed by atoms with E-state index in [2.05, 4.69) is 15.2 Å². The average molecular weight is 450 g/mol. The summed E-state index contributed by atoms with van der Waals surface area (Å²) in [5.74, 6) is -1.07. The highest BCUT2D eigenvalue weighted by molar-refractivity contribution is 5.90. The predicted octanol–water partition coefficient (Wildman–Crippen LogP) is 4.56. The van der Waals surface area contributed by atoms with E-state index in [1.807, 2.05) is 37.3 Å². The second-order valence-corrected chi connectivity index (χ2v) is 7.40. The monoisotopic (exact) mass is 450 g/mol. The number of aryl methyl sites for hydroxylation is 1. The Kier molecular flexibility index (Phi) is 7.55. The van der Waals surface area contributed by atoms with Crippen LogP contribution in [0.5, 0.6) is 11.6 Å². The third-order valence-electron chi connectivity index (χ3n) is 5.00. The lowest BCUT2D eigenvalue weighted by Crippen LogP contribution is -2.21. The molecule has 0 spiro atoms. The molecule has 0 amide bonds. The Balaban J connectivity index is 2.03. The van der Waals surface area contributed by atoms with E-state index in [1.165, 1.54) is 16.8 Å². The molecule has 172 valence electrons. The van der Waals surface area contributed by atoms with Crippen LogP contribution in [-0.4, -0.2) is 32.3 Å². The summed E-state index contributed by atoms with van der Waals surface area (Å²) in [5, 5.41) is 29.5. The first kappa shape index (κ1) is 23.6. The number of rotatable bonds is 8. The van der Waals surface area contributed by atoms with Crippen LogP contribution >= 0.6 is 0 Å². The summed E-state index contributed by atoms with van der Waals surface area (Å²) < 4.78 is 6.16. The molecule has 0 aliphatic rings. The molecule has 0 saturated carbocycles. The number of hydrogen-bond donors (Lipinski definition) is 2. The van der Waals surface area contributed by atoms with E-state index in [-0.39, 0.29) is 42.5 Å². The van der Waals surface area contributed by atoms with Crippen molar-refractivity contribution in [3.63, 3.8) is 0 Å². The minimum atomic E-state index is -0.660. The van der Waals surface area contributed by atoms with Gasteiger partial charge in [-0.15, -0.1) is 10.2 Å². The molecule has 0 fully saturated rings. The highest BCUT2D eigenvalue weighted by atomic mass is 16.5. The second-order valence-electron chi connectivity index (χ2n) is 7.40. The normalized spacial score (nSPS) is 11.1. The van der Waals surface area contributed by atoms with E-state index in [0.29, 0.717) is 17.5 Å². The number of carbonyl (C=O) groups excluding carboxylic acids is 1. The molecule has 0 bridgehead atoms. The van der Waals surface area contributed by atoms with Gasteiger partial charge in [0.1, 0.15) is 0 Å². The average Bonchev–Trinajstić information content (AvgIpc) is 2.80. The standard InChI is InChI=1S/C24H26N4O5/c1-4-11-28-22(30)17(13-16-9-7-6-8-10-16)21(29)20(23(28)31)27-26-19-12-15(3)18(14-25-19)24(32)33-5-2/h6-10,12,14,29-30H,4-5,11,13H2,1-3H3. The van der Waals surface area contributed by atoms with Crippen LogP contribution in [0.15, 0.2) is 57.6 Å². The number of esters is 1. The van der Waals surface area contributed by atoms with Gasteiger partial charge in [-0.05, 0) is 37.5 Å². The molecule has 2 heterocycles. The molecule has 3 rings (SSSR count). The fourth-order valence-corrected chi connectivity index (χ4v) is 3.34. The number of hydrogen-bond acceptors (Lipinski definition) is 8. The third-order valence-corrected chi connectivity index (χ3v) is 5.00. The van der Waals surface area contributed by atoms with Gasteiger partial charge in [0.25, 0.3) is 5.56 Å². The van der Waals surface area contributed by atoms with Crippen LogP contribution in [0.4, 0.5) is 11.5 Å². The number of azo groups is 1. The van der Waals surface area contributed by atoms with Crippen LogP contribution in [-0.2, 0) is 17.7 Å². The highest BCUT2D eigenvalue weighted by Crippen LogP contribution is 2.35.